The van der Waals surface area contributed by atoms with Crippen LogP contribution in [0, 0.1) is 34.9 Å². The number of carbonyl (C=O) groups excluding carboxylic acids is 1. The monoisotopic (exact) mass is 480 g/mol. The molecular formula is C25H21ClF4O3. The summed E-state index contributed by atoms with van der Waals surface area (Å²) in [6.45, 7) is 4.86. The third kappa shape index (κ3) is 5.69. The van der Waals surface area contributed by atoms with Crippen LogP contribution in [0.1, 0.15) is 32.4 Å². The number of allylic oxidation sites excluding steroid dienone is 2. The van der Waals surface area contributed by atoms with Gasteiger partial charge in [0.05, 0.1) is 5.92 Å². The van der Waals surface area contributed by atoms with E-state index in [0.717, 1.165) is 6.08 Å². The zero-order valence-electron chi connectivity index (χ0n) is 18.0. The first-order chi connectivity index (χ1) is 15.4. The lowest BCUT2D eigenvalue weighted by Gasteiger charge is -2.15. The van der Waals surface area contributed by atoms with E-state index in [9.17, 15) is 22.4 Å². The highest BCUT2D eigenvalue weighted by atomic mass is 35.5. The van der Waals surface area contributed by atoms with Crippen LogP contribution in [0.4, 0.5) is 17.6 Å². The Balaban J connectivity index is 1.81. The molecule has 3 nitrogen and oxygen atoms in total. The van der Waals surface area contributed by atoms with Crippen molar-refractivity contribution in [3.05, 3.63) is 71.0 Å². The predicted octanol–water partition coefficient (Wildman–Crippen LogP) is 7.18. The van der Waals surface area contributed by atoms with Crippen LogP contribution in [-0.4, -0.2) is 12.1 Å². The van der Waals surface area contributed by atoms with Crippen LogP contribution in [0.25, 0.3) is 0 Å². The minimum absolute atomic E-state index is 0.0813. The molecular weight excluding hydrogens is 460 g/mol. The number of esters is 1. The zero-order valence-corrected chi connectivity index (χ0v) is 18.8. The molecule has 8 heteroatoms. The molecule has 0 saturated heterocycles. The average molecular weight is 481 g/mol. The summed E-state index contributed by atoms with van der Waals surface area (Å²) in [6.07, 6.45) is -4.90. The largest absolute Gasteiger partial charge is 0.454 e. The average Bonchev–Trinajstić information content (AvgIpc) is 3.29. The van der Waals surface area contributed by atoms with E-state index < -0.39 is 46.3 Å². The molecule has 0 heterocycles. The summed E-state index contributed by atoms with van der Waals surface area (Å²) < 4.78 is 63.8. The molecule has 1 aliphatic carbocycles. The quantitative estimate of drug-likeness (QED) is 0.249. The maximum atomic E-state index is 14.3. The van der Waals surface area contributed by atoms with Gasteiger partial charge in [0, 0.05) is 5.56 Å². The SMILES string of the molecule is CC#CC(OC(=O)C1C(/C=C(\Cl)C(F)(F)F)C1(C)C)c1ccc(F)c(Oc2ccccc2)c1. The number of benzene rings is 2. The van der Waals surface area contributed by atoms with Crippen LogP contribution >= 0.6 is 11.6 Å². The first kappa shape index (κ1) is 24.7. The van der Waals surface area contributed by atoms with Gasteiger partial charge in [0.15, 0.2) is 17.7 Å². The summed E-state index contributed by atoms with van der Waals surface area (Å²) in [4.78, 5) is 12.8. The van der Waals surface area contributed by atoms with Gasteiger partial charge in [-0.15, -0.1) is 5.92 Å². The van der Waals surface area contributed by atoms with Gasteiger partial charge in [-0.1, -0.05) is 61.7 Å². The van der Waals surface area contributed by atoms with Gasteiger partial charge in [-0.2, -0.15) is 13.2 Å². The number of hydrogen-bond donors (Lipinski definition) is 0. The van der Waals surface area contributed by atoms with E-state index in [4.69, 9.17) is 21.1 Å². The fraction of sp³-hybridized carbons (Fsp3) is 0.320. The number of para-hydroxylation sites is 1. The fourth-order valence-electron chi connectivity index (χ4n) is 3.57. The van der Waals surface area contributed by atoms with Crippen molar-refractivity contribution >= 4 is 17.6 Å². The molecule has 0 amide bonds. The normalized spacial score (nSPS) is 20.3. The van der Waals surface area contributed by atoms with E-state index in [1.807, 2.05) is 0 Å². The van der Waals surface area contributed by atoms with E-state index in [-0.39, 0.29) is 5.75 Å². The number of ether oxygens (including phenoxy) is 2. The lowest BCUT2D eigenvalue weighted by atomic mass is 10.1. The molecule has 0 N–H and O–H groups in total. The van der Waals surface area contributed by atoms with E-state index >= 15 is 0 Å². The molecule has 1 fully saturated rings. The van der Waals surface area contributed by atoms with Gasteiger partial charge in [-0.05, 0) is 42.5 Å². The Kier molecular flexibility index (Phi) is 7.08. The summed E-state index contributed by atoms with van der Waals surface area (Å²) in [6, 6.07) is 12.5. The van der Waals surface area contributed by atoms with Crippen molar-refractivity contribution in [3.63, 3.8) is 0 Å². The van der Waals surface area contributed by atoms with E-state index in [1.165, 1.54) is 18.2 Å². The Morgan fingerprint density at radius 1 is 1.18 bits per heavy atom. The van der Waals surface area contributed by atoms with Gasteiger partial charge in [-0.25, -0.2) is 4.39 Å². The molecule has 0 aliphatic heterocycles. The Bertz CT molecular complexity index is 1110. The van der Waals surface area contributed by atoms with Crippen LogP contribution < -0.4 is 4.74 Å². The summed E-state index contributed by atoms with van der Waals surface area (Å²) in [5, 5.41) is -1.28. The molecule has 1 aliphatic rings. The van der Waals surface area contributed by atoms with Crippen molar-refractivity contribution in [3.8, 4) is 23.3 Å². The van der Waals surface area contributed by atoms with Crippen molar-refractivity contribution in [1.29, 1.82) is 0 Å². The van der Waals surface area contributed by atoms with Gasteiger partial charge < -0.3 is 9.47 Å². The number of carbonyl (C=O) groups is 1. The van der Waals surface area contributed by atoms with E-state index in [0.29, 0.717) is 11.3 Å². The van der Waals surface area contributed by atoms with Crippen LogP contribution in [0.2, 0.25) is 0 Å². The molecule has 174 valence electrons. The van der Waals surface area contributed by atoms with Crippen LogP contribution in [0.15, 0.2) is 59.6 Å². The lowest BCUT2D eigenvalue weighted by Crippen LogP contribution is -2.15. The minimum Gasteiger partial charge on any atom is -0.454 e. The maximum absolute atomic E-state index is 14.3. The predicted molar refractivity (Wildman–Crippen MR) is 116 cm³/mol. The smallest absolute Gasteiger partial charge is 0.426 e. The third-order valence-corrected chi connectivity index (χ3v) is 5.84. The second kappa shape index (κ2) is 9.48. The Morgan fingerprint density at radius 2 is 1.85 bits per heavy atom. The molecule has 33 heavy (non-hydrogen) atoms. The first-order valence-corrected chi connectivity index (χ1v) is 10.4. The van der Waals surface area contributed by atoms with Gasteiger partial charge in [-0.3, -0.25) is 4.79 Å². The van der Waals surface area contributed by atoms with Crippen LogP contribution in [0.5, 0.6) is 11.5 Å². The lowest BCUT2D eigenvalue weighted by molar-refractivity contribution is -0.149. The van der Waals surface area contributed by atoms with Gasteiger partial charge >= 0.3 is 12.1 Å². The Labute approximate surface area is 194 Å². The molecule has 0 spiro atoms. The van der Waals surface area contributed by atoms with Crippen molar-refractivity contribution in [2.24, 2.45) is 17.3 Å². The van der Waals surface area contributed by atoms with Crippen LogP contribution in [0.3, 0.4) is 0 Å². The number of halogens is 5. The Hall–Kier alpha value is -2.98. The van der Waals surface area contributed by atoms with Gasteiger partial charge in [0.1, 0.15) is 10.8 Å². The molecule has 0 aromatic heterocycles. The summed E-state index contributed by atoms with van der Waals surface area (Å²) >= 11 is 5.35. The van der Waals surface area contributed by atoms with E-state index in [2.05, 4.69) is 11.8 Å². The van der Waals surface area contributed by atoms with Gasteiger partial charge in [0.25, 0.3) is 0 Å². The number of alkyl halides is 3. The highest BCUT2D eigenvalue weighted by Gasteiger charge is 2.62. The summed E-state index contributed by atoms with van der Waals surface area (Å²) in [7, 11) is 0. The highest BCUT2D eigenvalue weighted by molar-refractivity contribution is 6.30. The molecule has 3 atom stereocenters. The topological polar surface area (TPSA) is 35.5 Å². The number of hydrogen-bond acceptors (Lipinski definition) is 3. The second-order valence-electron chi connectivity index (χ2n) is 8.15. The molecule has 3 rings (SSSR count). The summed E-state index contributed by atoms with van der Waals surface area (Å²) in [5.74, 6) is 2.84. The number of rotatable bonds is 6. The molecule has 2 aromatic carbocycles. The van der Waals surface area contributed by atoms with Crippen molar-refractivity contribution in [1.82, 2.24) is 0 Å². The van der Waals surface area contributed by atoms with Crippen molar-refractivity contribution in [2.45, 2.75) is 33.1 Å². The minimum atomic E-state index is -4.69. The molecule has 0 radical (unpaired) electrons. The van der Waals surface area contributed by atoms with E-state index in [1.54, 1.807) is 51.1 Å². The molecule has 1 saturated carbocycles. The second-order valence-corrected chi connectivity index (χ2v) is 8.56. The van der Waals surface area contributed by atoms with Crippen molar-refractivity contribution in [2.75, 3.05) is 0 Å². The maximum Gasteiger partial charge on any atom is 0.426 e. The zero-order chi connectivity index (χ0) is 24.4. The summed E-state index contributed by atoms with van der Waals surface area (Å²) in [5.41, 5.74) is -0.402. The van der Waals surface area contributed by atoms with Crippen LogP contribution in [-0.2, 0) is 9.53 Å². The van der Waals surface area contributed by atoms with Crippen molar-refractivity contribution < 1.29 is 31.8 Å². The third-order valence-electron chi connectivity index (χ3n) is 5.50. The highest BCUT2D eigenvalue weighted by Crippen LogP contribution is 2.60. The van der Waals surface area contributed by atoms with Gasteiger partial charge in [0.2, 0.25) is 0 Å². The molecule has 2 aromatic rings. The fourth-order valence-corrected chi connectivity index (χ4v) is 3.70. The molecule has 3 unspecified atom stereocenters. The Morgan fingerprint density at radius 3 is 2.45 bits per heavy atom. The first-order valence-electron chi connectivity index (χ1n) is 10.0. The standard InChI is InChI=1S/C25H21ClF4O3/c1-4-8-19(15-11-12-18(27)20(13-15)32-16-9-6-5-7-10-16)33-23(31)22-17(24(22,2)3)14-21(26)25(28,29)30/h5-7,9-14,17,19,22H,1-3H3/b21-14-. The molecule has 0 bridgehead atoms.